The van der Waals surface area contributed by atoms with Crippen molar-refractivity contribution in [3.05, 3.63) is 84.4 Å². The molecule has 0 atom stereocenters. The summed E-state index contributed by atoms with van der Waals surface area (Å²) >= 11 is 0. The Morgan fingerprint density at radius 2 is 1.32 bits per heavy atom. The second kappa shape index (κ2) is 6.14. The quantitative estimate of drug-likeness (QED) is 0.800. The molecule has 1 N–H and O–H groups in total. The van der Waals surface area contributed by atoms with Gasteiger partial charge in [-0.05, 0) is 29.3 Å². The SMILES string of the molecule is O=C([O-])c1ccccc1Nc1ccc(-c2ccccc2)cc1. The zero-order valence-electron chi connectivity index (χ0n) is 11.8. The van der Waals surface area contributed by atoms with Gasteiger partial charge in [0.15, 0.2) is 0 Å². The monoisotopic (exact) mass is 288 g/mol. The van der Waals surface area contributed by atoms with Crippen molar-refractivity contribution >= 4 is 17.3 Å². The van der Waals surface area contributed by atoms with Crippen molar-refractivity contribution < 1.29 is 9.90 Å². The van der Waals surface area contributed by atoms with Crippen LogP contribution in [0.1, 0.15) is 10.4 Å². The molecule has 22 heavy (non-hydrogen) atoms. The van der Waals surface area contributed by atoms with Crippen LogP contribution in [0.3, 0.4) is 0 Å². The van der Waals surface area contributed by atoms with E-state index in [1.165, 1.54) is 6.07 Å². The molecule has 0 amide bonds. The summed E-state index contributed by atoms with van der Waals surface area (Å²) in [7, 11) is 0. The number of anilines is 2. The van der Waals surface area contributed by atoms with Gasteiger partial charge in [-0.2, -0.15) is 0 Å². The predicted octanol–water partition coefficient (Wildman–Crippen LogP) is 3.46. The Kier molecular flexibility index (Phi) is 3.88. The largest absolute Gasteiger partial charge is 0.545 e. The normalized spacial score (nSPS) is 10.2. The van der Waals surface area contributed by atoms with Crippen LogP contribution in [-0.2, 0) is 0 Å². The number of nitrogens with one attached hydrogen (secondary N) is 1. The number of hydrogen-bond donors (Lipinski definition) is 1. The fourth-order valence-electron chi connectivity index (χ4n) is 2.30. The third-order valence-electron chi connectivity index (χ3n) is 3.42. The molecule has 0 aliphatic heterocycles. The third kappa shape index (κ3) is 2.99. The lowest BCUT2D eigenvalue weighted by atomic mass is 10.1. The summed E-state index contributed by atoms with van der Waals surface area (Å²) in [5.41, 5.74) is 3.75. The Balaban J connectivity index is 1.84. The minimum absolute atomic E-state index is 0.148. The van der Waals surface area contributed by atoms with Gasteiger partial charge in [0.05, 0.1) is 5.97 Å². The molecule has 3 nitrogen and oxygen atoms in total. The van der Waals surface area contributed by atoms with E-state index in [0.29, 0.717) is 5.69 Å². The second-order valence-electron chi connectivity index (χ2n) is 4.90. The van der Waals surface area contributed by atoms with Gasteiger partial charge in [0.2, 0.25) is 0 Å². The number of carbonyl (C=O) groups excluding carboxylic acids is 1. The van der Waals surface area contributed by atoms with Gasteiger partial charge in [0.1, 0.15) is 0 Å². The van der Waals surface area contributed by atoms with E-state index in [9.17, 15) is 9.90 Å². The minimum atomic E-state index is -1.19. The molecule has 3 aromatic carbocycles. The Morgan fingerprint density at radius 1 is 0.727 bits per heavy atom. The zero-order chi connectivity index (χ0) is 15.4. The van der Waals surface area contributed by atoms with Crippen molar-refractivity contribution in [2.75, 3.05) is 5.32 Å². The van der Waals surface area contributed by atoms with Crippen molar-refractivity contribution in [2.24, 2.45) is 0 Å². The Bertz CT molecular complexity index is 780. The number of aromatic carboxylic acids is 1. The van der Waals surface area contributed by atoms with Gasteiger partial charge in [-0.3, -0.25) is 0 Å². The van der Waals surface area contributed by atoms with Crippen molar-refractivity contribution in [1.29, 1.82) is 0 Å². The minimum Gasteiger partial charge on any atom is -0.545 e. The Labute approximate surface area is 128 Å². The molecular weight excluding hydrogens is 274 g/mol. The first-order chi connectivity index (χ1) is 10.7. The molecule has 0 unspecified atom stereocenters. The van der Waals surface area contributed by atoms with Crippen molar-refractivity contribution in [3.8, 4) is 11.1 Å². The van der Waals surface area contributed by atoms with Gasteiger partial charge in [-0.15, -0.1) is 0 Å². The summed E-state index contributed by atoms with van der Waals surface area (Å²) in [5, 5.41) is 14.2. The molecule has 3 heteroatoms. The summed E-state index contributed by atoms with van der Waals surface area (Å²) in [6.45, 7) is 0. The topological polar surface area (TPSA) is 52.2 Å². The van der Waals surface area contributed by atoms with E-state index >= 15 is 0 Å². The van der Waals surface area contributed by atoms with Gasteiger partial charge in [0.25, 0.3) is 0 Å². The van der Waals surface area contributed by atoms with E-state index in [1.54, 1.807) is 18.2 Å². The molecule has 0 aliphatic rings. The highest BCUT2D eigenvalue weighted by Gasteiger charge is 2.03. The van der Waals surface area contributed by atoms with E-state index in [-0.39, 0.29) is 5.56 Å². The molecule has 0 saturated carbocycles. The smallest absolute Gasteiger partial charge is 0.0736 e. The average Bonchev–Trinajstić information content (AvgIpc) is 2.57. The maximum atomic E-state index is 11.1. The molecule has 0 heterocycles. The number of para-hydroxylation sites is 1. The Morgan fingerprint density at radius 3 is 2.00 bits per heavy atom. The fourth-order valence-corrected chi connectivity index (χ4v) is 2.30. The summed E-state index contributed by atoms with van der Waals surface area (Å²) < 4.78 is 0. The number of carboxylic acid groups (broad SMARTS) is 1. The number of carbonyl (C=O) groups is 1. The van der Waals surface area contributed by atoms with Gasteiger partial charge in [-0.25, -0.2) is 0 Å². The third-order valence-corrected chi connectivity index (χ3v) is 3.42. The first-order valence-corrected chi connectivity index (χ1v) is 6.97. The molecule has 3 aromatic rings. The van der Waals surface area contributed by atoms with Crippen LogP contribution in [0.5, 0.6) is 0 Å². The van der Waals surface area contributed by atoms with Crippen LogP contribution in [0.15, 0.2) is 78.9 Å². The molecule has 0 aromatic heterocycles. The standard InChI is InChI=1S/C19H15NO2/c21-19(22)17-8-4-5-9-18(17)20-16-12-10-15(11-13-16)14-6-2-1-3-7-14/h1-13,20H,(H,21,22)/p-1. The van der Waals surface area contributed by atoms with Crippen molar-refractivity contribution in [3.63, 3.8) is 0 Å². The first kappa shape index (κ1) is 13.9. The van der Waals surface area contributed by atoms with Crippen LogP contribution in [-0.4, -0.2) is 5.97 Å². The lowest BCUT2D eigenvalue weighted by molar-refractivity contribution is -0.254. The lowest BCUT2D eigenvalue weighted by Gasteiger charge is -2.13. The van der Waals surface area contributed by atoms with E-state index < -0.39 is 5.97 Å². The van der Waals surface area contributed by atoms with Gasteiger partial charge in [-0.1, -0.05) is 60.7 Å². The van der Waals surface area contributed by atoms with Gasteiger partial charge < -0.3 is 15.2 Å². The summed E-state index contributed by atoms with van der Waals surface area (Å²) in [6, 6.07) is 24.6. The second-order valence-corrected chi connectivity index (χ2v) is 4.90. The maximum Gasteiger partial charge on any atom is 0.0736 e. The predicted molar refractivity (Wildman–Crippen MR) is 85.9 cm³/mol. The Hall–Kier alpha value is -3.07. The summed E-state index contributed by atoms with van der Waals surface area (Å²) in [5.74, 6) is -1.19. The highest BCUT2D eigenvalue weighted by atomic mass is 16.4. The molecule has 0 bridgehead atoms. The first-order valence-electron chi connectivity index (χ1n) is 6.97. The highest BCUT2D eigenvalue weighted by Crippen LogP contribution is 2.24. The summed E-state index contributed by atoms with van der Waals surface area (Å²) in [4.78, 5) is 11.1. The number of benzene rings is 3. The molecule has 0 aliphatic carbocycles. The molecule has 3 rings (SSSR count). The highest BCUT2D eigenvalue weighted by molar-refractivity contribution is 5.93. The van der Waals surface area contributed by atoms with Crippen LogP contribution in [0.25, 0.3) is 11.1 Å². The van der Waals surface area contributed by atoms with Crippen LogP contribution >= 0.6 is 0 Å². The number of rotatable bonds is 4. The van der Waals surface area contributed by atoms with E-state index in [2.05, 4.69) is 5.32 Å². The van der Waals surface area contributed by atoms with Crippen LogP contribution < -0.4 is 10.4 Å². The van der Waals surface area contributed by atoms with Crippen molar-refractivity contribution in [1.82, 2.24) is 0 Å². The molecule has 0 radical (unpaired) electrons. The van der Waals surface area contributed by atoms with Crippen LogP contribution in [0.4, 0.5) is 11.4 Å². The molecule has 108 valence electrons. The maximum absolute atomic E-state index is 11.1. The average molecular weight is 288 g/mol. The fraction of sp³-hybridized carbons (Fsp3) is 0. The number of carboxylic acids is 1. The van der Waals surface area contributed by atoms with E-state index in [1.807, 2.05) is 54.6 Å². The van der Waals surface area contributed by atoms with Crippen LogP contribution in [0.2, 0.25) is 0 Å². The van der Waals surface area contributed by atoms with Crippen molar-refractivity contribution in [2.45, 2.75) is 0 Å². The van der Waals surface area contributed by atoms with E-state index in [4.69, 9.17) is 0 Å². The lowest BCUT2D eigenvalue weighted by Crippen LogP contribution is -2.23. The molecule has 0 saturated heterocycles. The zero-order valence-corrected chi connectivity index (χ0v) is 11.8. The molecule has 0 fully saturated rings. The van der Waals surface area contributed by atoms with E-state index in [0.717, 1.165) is 16.8 Å². The van der Waals surface area contributed by atoms with Gasteiger partial charge >= 0.3 is 0 Å². The number of hydrogen-bond acceptors (Lipinski definition) is 3. The molecular formula is C19H14NO2-. The molecule has 0 spiro atoms. The summed E-state index contributed by atoms with van der Waals surface area (Å²) in [6.07, 6.45) is 0. The van der Waals surface area contributed by atoms with Crippen LogP contribution in [0, 0.1) is 0 Å². The van der Waals surface area contributed by atoms with Gasteiger partial charge in [0, 0.05) is 16.9 Å².